The highest BCUT2D eigenvalue weighted by Crippen LogP contribution is 2.32. The lowest BCUT2D eigenvalue weighted by Gasteiger charge is -2.21. The Bertz CT molecular complexity index is 1720. The highest BCUT2D eigenvalue weighted by molar-refractivity contribution is 5.92. The molecule has 2 aromatic carbocycles. The molecule has 2 aromatic heterocycles. The van der Waals surface area contributed by atoms with E-state index in [1.807, 2.05) is 13.8 Å². The summed E-state index contributed by atoms with van der Waals surface area (Å²) >= 11 is 0. The Balaban J connectivity index is 1.41. The molecule has 8 nitrogen and oxygen atoms in total. The molecule has 1 fully saturated rings. The van der Waals surface area contributed by atoms with Gasteiger partial charge in [-0.05, 0) is 99.9 Å². The van der Waals surface area contributed by atoms with Gasteiger partial charge in [-0.3, -0.25) is 14.2 Å². The zero-order valence-electron chi connectivity index (χ0n) is 25.6. The van der Waals surface area contributed by atoms with E-state index < -0.39 is 34.7 Å². The van der Waals surface area contributed by atoms with Gasteiger partial charge in [-0.2, -0.15) is 9.97 Å². The predicted octanol–water partition coefficient (Wildman–Crippen LogP) is 6.43. The third kappa shape index (κ3) is 7.53. The fourth-order valence-electron chi connectivity index (χ4n) is 5.68. The van der Waals surface area contributed by atoms with Crippen LogP contribution < -0.4 is 15.6 Å². The minimum Gasteiger partial charge on any atom is -0.463 e. The summed E-state index contributed by atoms with van der Waals surface area (Å²) in [6.07, 6.45) is 5.03. The molecule has 0 bridgehead atoms. The number of nitrogens with zero attached hydrogens (tertiary/aromatic N) is 3. The Morgan fingerprint density at radius 1 is 1.04 bits per heavy atom. The average molecular weight is 623 g/mol. The van der Waals surface area contributed by atoms with Crippen LogP contribution in [0.4, 0.5) is 13.2 Å². The van der Waals surface area contributed by atoms with Gasteiger partial charge in [-0.1, -0.05) is 19.9 Å². The van der Waals surface area contributed by atoms with Crippen LogP contribution in [-0.4, -0.2) is 45.8 Å². The maximum absolute atomic E-state index is 14.9. The van der Waals surface area contributed by atoms with Crippen LogP contribution in [0.3, 0.4) is 0 Å². The van der Waals surface area contributed by atoms with Crippen LogP contribution in [-0.2, 0) is 9.53 Å². The number of ether oxygens (including phenoxy) is 2. The van der Waals surface area contributed by atoms with Crippen molar-refractivity contribution in [1.29, 1.82) is 0 Å². The summed E-state index contributed by atoms with van der Waals surface area (Å²) < 4.78 is 56.3. The van der Waals surface area contributed by atoms with Gasteiger partial charge in [-0.25, -0.2) is 13.2 Å². The van der Waals surface area contributed by atoms with E-state index in [4.69, 9.17) is 9.47 Å². The number of halogens is 3. The molecule has 0 aliphatic heterocycles. The zero-order valence-corrected chi connectivity index (χ0v) is 25.6. The van der Waals surface area contributed by atoms with E-state index >= 15 is 0 Å². The Morgan fingerprint density at radius 3 is 2.47 bits per heavy atom. The highest BCUT2D eigenvalue weighted by Gasteiger charge is 2.26. The molecule has 238 valence electrons. The van der Waals surface area contributed by atoms with Crippen LogP contribution in [0.25, 0.3) is 28.0 Å². The summed E-state index contributed by atoms with van der Waals surface area (Å²) in [7, 11) is 0. The van der Waals surface area contributed by atoms with Crippen molar-refractivity contribution < 1.29 is 27.4 Å². The van der Waals surface area contributed by atoms with Crippen molar-refractivity contribution >= 4 is 17.0 Å². The fraction of sp³-hybridized carbons (Fsp3) is 0.412. The van der Waals surface area contributed by atoms with Crippen LogP contribution >= 0.6 is 0 Å². The lowest BCUT2D eigenvalue weighted by molar-refractivity contribution is -0.151. The van der Waals surface area contributed by atoms with Crippen molar-refractivity contribution in [3.8, 4) is 23.0 Å². The number of nitrogens with one attached hydrogen (secondary N) is 1. The van der Waals surface area contributed by atoms with Gasteiger partial charge >= 0.3 is 12.0 Å². The molecule has 45 heavy (non-hydrogen) atoms. The quantitative estimate of drug-likeness (QED) is 0.144. The molecule has 1 N–H and O–H groups in total. The monoisotopic (exact) mass is 622 g/mol. The van der Waals surface area contributed by atoms with Crippen molar-refractivity contribution in [3.63, 3.8) is 0 Å². The lowest BCUT2D eigenvalue weighted by Crippen LogP contribution is -2.41. The molecule has 1 aliphatic rings. The van der Waals surface area contributed by atoms with E-state index in [1.54, 1.807) is 13.0 Å². The summed E-state index contributed by atoms with van der Waals surface area (Å²) in [6, 6.07) is 9.54. The first-order chi connectivity index (χ1) is 21.6. The van der Waals surface area contributed by atoms with E-state index in [0.29, 0.717) is 41.6 Å². The molecule has 1 saturated carbocycles. The molecule has 11 heteroatoms. The molecule has 0 spiro atoms. The Kier molecular flexibility index (Phi) is 10.2. The van der Waals surface area contributed by atoms with Crippen molar-refractivity contribution in [2.45, 2.75) is 71.4 Å². The van der Waals surface area contributed by atoms with Gasteiger partial charge in [0, 0.05) is 17.0 Å². The highest BCUT2D eigenvalue weighted by atomic mass is 19.1. The van der Waals surface area contributed by atoms with Gasteiger partial charge in [0.15, 0.2) is 5.65 Å². The minimum atomic E-state index is -0.946. The molecule has 5 rings (SSSR count). The number of para-hydroxylation sites is 1. The Hall–Kier alpha value is -4.25. The van der Waals surface area contributed by atoms with Gasteiger partial charge in [0.25, 0.3) is 5.56 Å². The van der Waals surface area contributed by atoms with Gasteiger partial charge in [0.2, 0.25) is 0 Å². The number of carbonyl (C=O) groups is 1. The van der Waals surface area contributed by atoms with E-state index in [-0.39, 0.29) is 36.3 Å². The second-order valence-corrected chi connectivity index (χ2v) is 11.8. The number of hydrogen-bond donors (Lipinski definition) is 1. The van der Waals surface area contributed by atoms with Gasteiger partial charge < -0.3 is 14.8 Å². The predicted molar refractivity (Wildman–Crippen MR) is 165 cm³/mol. The number of benzene rings is 2. The summed E-state index contributed by atoms with van der Waals surface area (Å²) in [5.74, 6) is -2.29. The molecular formula is C34H37F3N4O4. The number of rotatable bonds is 12. The van der Waals surface area contributed by atoms with Gasteiger partial charge in [0.1, 0.15) is 35.3 Å². The molecule has 2 heterocycles. The number of aromatic nitrogens is 3. The van der Waals surface area contributed by atoms with E-state index in [1.165, 1.54) is 30.3 Å². The van der Waals surface area contributed by atoms with E-state index in [0.717, 1.165) is 42.4 Å². The molecule has 0 radical (unpaired) electrons. The first kappa shape index (κ1) is 32.2. The van der Waals surface area contributed by atoms with Crippen molar-refractivity contribution in [2.24, 2.45) is 5.92 Å². The van der Waals surface area contributed by atoms with Crippen LogP contribution in [0.2, 0.25) is 0 Å². The summed E-state index contributed by atoms with van der Waals surface area (Å²) in [6.45, 7) is 6.38. The summed E-state index contributed by atoms with van der Waals surface area (Å²) in [5.41, 5.74) is 0.0440. The third-order valence-corrected chi connectivity index (χ3v) is 7.85. The SMILES string of the molecule is Cc1cc(F)ccc1-c1nc(OCCCN[C@@H](CC(C)C)C(=O)OC2CCCC2)nc2c1ccc(=O)n2-c1c(F)cccc1F. The van der Waals surface area contributed by atoms with E-state index in [2.05, 4.69) is 15.3 Å². The van der Waals surface area contributed by atoms with Crippen LogP contribution in [0.5, 0.6) is 6.01 Å². The lowest BCUT2D eigenvalue weighted by atomic mass is 10.0. The summed E-state index contributed by atoms with van der Waals surface area (Å²) in [4.78, 5) is 34.9. The zero-order chi connectivity index (χ0) is 32.1. The molecule has 4 aromatic rings. The van der Waals surface area contributed by atoms with Crippen molar-refractivity contribution in [2.75, 3.05) is 13.2 Å². The number of pyridine rings is 1. The molecule has 0 amide bonds. The Labute approximate surface area is 259 Å². The normalized spacial score (nSPS) is 14.3. The Morgan fingerprint density at radius 2 is 1.78 bits per heavy atom. The van der Waals surface area contributed by atoms with Crippen LogP contribution in [0.1, 0.15) is 57.9 Å². The second-order valence-electron chi connectivity index (χ2n) is 11.8. The number of aryl methyl sites for hydroxylation is 1. The minimum absolute atomic E-state index is 0.0171. The number of fused-ring (bicyclic) bond motifs is 1. The maximum Gasteiger partial charge on any atom is 0.323 e. The first-order valence-electron chi connectivity index (χ1n) is 15.3. The summed E-state index contributed by atoms with van der Waals surface area (Å²) in [5, 5.41) is 3.60. The molecule has 1 atom stereocenters. The average Bonchev–Trinajstić information content (AvgIpc) is 3.50. The molecular weight excluding hydrogens is 585 g/mol. The standard InChI is InChI=1S/C34H37F3N4O4/c1-20(2)18-28(33(43)45-23-8-4-5-9-23)38-16-7-17-44-34-39-30(24-13-12-22(35)19-21(24)3)25-14-15-29(42)41(32(25)40-34)31-26(36)10-6-11-27(31)37/h6,10-15,19-20,23,28,38H,4-5,7-9,16-18H2,1-3H3/t28-/m0/s1. The second kappa shape index (κ2) is 14.2. The van der Waals surface area contributed by atoms with Crippen molar-refractivity contribution in [1.82, 2.24) is 19.9 Å². The topological polar surface area (TPSA) is 95.3 Å². The maximum atomic E-state index is 14.9. The number of esters is 1. The third-order valence-electron chi connectivity index (χ3n) is 7.85. The van der Waals surface area contributed by atoms with Gasteiger partial charge in [0.05, 0.1) is 12.3 Å². The largest absolute Gasteiger partial charge is 0.463 e. The first-order valence-corrected chi connectivity index (χ1v) is 15.3. The van der Waals surface area contributed by atoms with Crippen LogP contribution in [0, 0.1) is 30.3 Å². The molecule has 0 unspecified atom stereocenters. The van der Waals surface area contributed by atoms with Crippen molar-refractivity contribution in [3.05, 3.63) is 81.9 Å². The smallest absolute Gasteiger partial charge is 0.323 e. The number of carbonyl (C=O) groups excluding carboxylic acids is 1. The van der Waals surface area contributed by atoms with Gasteiger partial charge in [-0.15, -0.1) is 0 Å². The molecule has 0 saturated heterocycles. The van der Waals surface area contributed by atoms with E-state index in [9.17, 15) is 22.8 Å². The molecule has 1 aliphatic carbocycles. The van der Waals surface area contributed by atoms with Crippen LogP contribution in [0.15, 0.2) is 53.3 Å². The fourth-order valence-corrected chi connectivity index (χ4v) is 5.68. The number of hydrogen-bond acceptors (Lipinski definition) is 7.